The van der Waals surface area contributed by atoms with Crippen LogP contribution < -0.4 is 15.5 Å². The van der Waals surface area contributed by atoms with Crippen molar-refractivity contribution in [3.8, 4) is 0 Å². The number of nitrogens with zero attached hydrogens (tertiary/aromatic N) is 4. The van der Waals surface area contributed by atoms with Crippen LogP contribution in [0.25, 0.3) is 0 Å². The van der Waals surface area contributed by atoms with Crippen LogP contribution in [0, 0.1) is 6.92 Å². The second kappa shape index (κ2) is 6.18. The first-order valence-corrected chi connectivity index (χ1v) is 7.84. The predicted molar refractivity (Wildman–Crippen MR) is 92.1 cm³/mol. The maximum Gasteiger partial charge on any atom is 0.153 e. The van der Waals surface area contributed by atoms with Gasteiger partial charge in [0.15, 0.2) is 5.82 Å². The molecule has 2 heterocycles. The number of benzene rings is 1. The fourth-order valence-corrected chi connectivity index (χ4v) is 3.06. The number of nitrogen functional groups attached to an aromatic ring is 1. The molecule has 7 heteroatoms. The van der Waals surface area contributed by atoms with Crippen LogP contribution in [-0.4, -0.2) is 36.1 Å². The number of nitrogens with two attached hydrogens (primary N) is 1. The second-order valence-corrected chi connectivity index (χ2v) is 6.12. The molecular formula is C15H17Cl2N5. The minimum absolute atomic E-state index is 0.319. The maximum atomic E-state index is 6.20. The Bertz CT molecular complexity index is 674. The van der Waals surface area contributed by atoms with Crippen molar-refractivity contribution in [1.82, 2.24) is 9.97 Å². The van der Waals surface area contributed by atoms with E-state index in [4.69, 9.17) is 28.9 Å². The number of aryl methyl sites for hydroxylation is 1. The van der Waals surface area contributed by atoms with E-state index in [1.165, 1.54) is 17.6 Å². The summed E-state index contributed by atoms with van der Waals surface area (Å²) < 4.78 is 0. The Balaban J connectivity index is 1.75. The van der Waals surface area contributed by atoms with Crippen molar-refractivity contribution in [3.05, 3.63) is 40.1 Å². The van der Waals surface area contributed by atoms with E-state index in [9.17, 15) is 0 Å². The first-order chi connectivity index (χ1) is 10.6. The topological polar surface area (TPSA) is 58.3 Å². The van der Waals surface area contributed by atoms with Gasteiger partial charge in [-0.15, -0.1) is 0 Å². The Morgan fingerprint density at radius 3 is 2.45 bits per heavy atom. The summed E-state index contributed by atoms with van der Waals surface area (Å²) in [5.41, 5.74) is 8.15. The van der Waals surface area contributed by atoms with Crippen molar-refractivity contribution in [2.45, 2.75) is 6.92 Å². The third-order valence-corrected chi connectivity index (χ3v) is 4.49. The lowest BCUT2D eigenvalue weighted by atomic mass is 10.1. The summed E-state index contributed by atoms with van der Waals surface area (Å²) in [7, 11) is 0. The third kappa shape index (κ3) is 2.91. The fraction of sp³-hybridized carbons (Fsp3) is 0.333. The van der Waals surface area contributed by atoms with E-state index in [-0.39, 0.29) is 0 Å². The zero-order chi connectivity index (χ0) is 15.7. The first kappa shape index (κ1) is 15.2. The number of aromatic nitrogens is 2. The van der Waals surface area contributed by atoms with Crippen LogP contribution in [0.15, 0.2) is 24.5 Å². The van der Waals surface area contributed by atoms with Gasteiger partial charge in [-0.25, -0.2) is 9.97 Å². The summed E-state index contributed by atoms with van der Waals surface area (Å²) >= 11 is 12.3. The highest BCUT2D eigenvalue weighted by atomic mass is 35.5. The van der Waals surface area contributed by atoms with Gasteiger partial charge in [-0.2, -0.15) is 0 Å². The van der Waals surface area contributed by atoms with Gasteiger partial charge in [0.1, 0.15) is 17.2 Å². The monoisotopic (exact) mass is 337 g/mol. The zero-order valence-electron chi connectivity index (χ0n) is 12.3. The highest BCUT2D eigenvalue weighted by molar-refractivity contribution is 6.35. The number of halogens is 2. The normalized spacial score (nSPS) is 15.2. The highest BCUT2D eigenvalue weighted by Gasteiger charge is 2.22. The number of anilines is 3. The molecule has 2 aromatic rings. The molecule has 1 aliphatic rings. The summed E-state index contributed by atoms with van der Waals surface area (Å²) in [5, 5.41) is 1.18. The quantitative estimate of drug-likeness (QED) is 0.912. The molecule has 0 bridgehead atoms. The molecule has 22 heavy (non-hydrogen) atoms. The molecule has 1 aliphatic heterocycles. The average molecular weight is 338 g/mol. The molecule has 0 atom stereocenters. The average Bonchev–Trinajstić information content (AvgIpc) is 2.53. The maximum absolute atomic E-state index is 6.20. The largest absolute Gasteiger partial charge is 0.382 e. The molecule has 3 rings (SSSR count). The molecule has 0 aliphatic carbocycles. The predicted octanol–water partition coefficient (Wildman–Crippen LogP) is 3.00. The number of rotatable bonds is 2. The Labute approximate surface area is 139 Å². The van der Waals surface area contributed by atoms with Crippen LogP contribution in [0.5, 0.6) is 0 Å². The summed E-state index contributed by atoms with van der Waals surface area (Å²) in [6.07, 6.45) is 1.45. The lowest BCUT2D eigenvalue weighted by Crippen LogP contribution is -2.47. The van der Waals surface area contributed by atoms with Gasteiger partial charge in [0.05, 0.1) is 0 Å². The minimum Gasteiger partial charge on any atom is -0.382 e. The summed E-state index contributed by atoms with van der Waals surface area (Å²) in [4.78, 5) is 12.6. The molecule has 0 radical (unpaired) electrons. The van der Waals surface area contributed by atoms with Crippen molar-refractivity contribution in [2.24, 2.45) is 0 Å². The van der Waals surface area contributed by atoms with Gasteiger partial charge in [-0.3, -0.25) is 0 Å². The fourth-order valence-electron chi connectivity index (χ4n) is 2.68. The standard InChI is InChI=1S/C15H17Cl2N5/c1-10-2-3-11(16)8-12(10)21-4-6-22(7-5-21)15-13(17)14(18)19-9-20-15/h2-3,8-9H,4-7H2,1H3,(H2,18,19,20). The Morgan fingerprint density at radius 1 is 1.05 bits per heavy atom. The third-order valence-electron chi connectivity index (χ3n) is 3.89. The van der Waals surface area contributed by atoms with Crippen molar-refractivity contribution in [2.75, 3.05) is 41.7 Å². The zero-order valence-corrected chi connectivity index (χ0v) is 13.8. The van der Waals surface area contributed by atoms with Crippen molar-refractivity contribution < 1.29 is 0 Å². The molecule has 1 fully saturated rings. The SMILES string of the molecule is Cc1ccc(Cl)cc1N1CCN(c2ncnc(N)c2Cl)CC1. The van der Waals surface area contributed by atoms with Crippen LogP contribution in [0.2, 0.25) is 10.0 Å². The first-order valence-electron chi connectivity index (χ1n) is 7.08. The second-order valence-electron chi connectivity index (χ2n) is 5.30. The highest BCUT2D eigenvalue weighted by Crippen LogP contribution is 2.30. The lowest BCUT2D eigenvalue weighted by molar-refractivity contribution is 0.646. The Hall–Kier alpha value is -1.72. The van der Waals surface area contributed by atoms with E-state index < -0.39 is 0 Å². The van der Waals surface area contributed by atoms with Gasteiger partial charge in [-0.05, 0) is 24.6 Å². The van der Waals surface area contributed by atoms with Crippen LogP contribution in [0.4, 0.5) is 17.3 Å². The lowest BCUT2D eigenvalue weighted by Gasteiger charge is -2.37. The van der Waals surface area contributed by atoms with E-state index in [1.54, 1.807) is 0 Å². The number of hydrogen-bond donors (Lipinski definition) is 1. The molecule has 1 aromatic heterocycles. The molecule has 0 saturated carbocycles. The van der Waals surface area contributed by atoms with Crippen LogP contribution in [0.1, 0.15) is 5.56 Å². The number of piperazine rings is 1. The van der Waals surface area contributed by atoms with Crippen LogP contribution >= 0.6 is 23.2 Å². The van der Waals surface area contributed by atoms with Crippen LogP contribution in [-0.2, 0) is 0 Å². The summed E-state index contributed by atoms with van der Waals surface area (Å²) in [6.45, 7) is 5.49. The molecule has 0 amide bonds. The summed E-state index contributed by atoms with van der Waals surface area (Å²) in [6, 6.07) is 5.98. The van der Waals surface area contributed by atoms with Gasteiger partial charge < -0.3 is 15.5 Å². The van der Waals surface area contributed by atoms with E-state index >= 15 is 0 Å². The molecule has 5 nitrogen and oxygen atoms in total. The van der Waals surface area contributed by atoms with Gasteiger partial charge in [0.25, 0.3) is 0 Å². The van der Waals surface area contributed by atoms with Crippen molar-refractivity contribution >= 4 is 40.5 Å². The minimum atomic E-state index is 0.319. The van der Waals surface area contributed by atoms with Crippen LogP contribution in [0.3, 0.4) is 0 Å². The van der Waals surface area contributed by atoms with Gasteiger partial charge >= 0.3 is 0 Å². The molecular weight excluding hydrogens is 321 g/mol. The number of hydrogen-bond acceptors (Lipinski definition) is 5. The Morgan fingerprint density at radius 2 is 1.73 bits per heavy atom. The smallest absolute Gasteiger partial charge is 0.153 e. The molecule has 1 saturated heterocycles. The van der Waals surface area contributed by atoms with Crippen molar-refractivity contribution in [3.63, 3.8) is 0 Å². The van der Waals surface area contributed by atoms with E-state index in [2.05, 4.69) is 26.7 Å². The van der Waals surface area contributed by atoms with E-state index in [0.29, 0.717) is 16.7 Å². The van der Waals surface area contributed by atoms with Gasteiger partial charge in [0.2, 0.25) is 0 Å². The Kier molecular flexibility index (Phi) is 4.27. The van der Waals surface area contributed by atoms with E-state index in [0.717, 1.165) is 31.2 Å². The van der Waals surface area contributed by atoms with Gasteiger partial charge in [-0.1, -0.05) is 29.3 Å². The summed E-state index contributed by atoms with van der Waals surface area (Å²) in [5.74, 6) is 1.02. The molecule has 1 aromatic carbocycles. The molecule has 0 spiro atoms. The molecule has 0 unspecified atom stereocenters. The van der Waals surface area contributed by atoms with Crippen molar-refractivity contribution in [1.29, 1.82) is 0 Å². The molecule has 2 N–H and O–H groups in total. The molecule has 116 valence electrons. The van der Waals surface area contributed by atoms with E-state index in [1.807, 2.05) is 18.2 Å². The van der Waals surface area contributed by atoms with Gasteiger partial charge in [0, 0.05) is 36.9 Å².